The zero-order valence-electron chi connectivity index (χ0n) is 19.8. The number of urea groups is 1. The molecule has 1 saturated heterocycles. The Kier molecular flexibility index (Phi) is 8.68. The number of carbonyl (C=O) groups excluding carboxylic acids is 1. The van der Waals surface area contributed by atoms with Crippen molar-refractivity contribution in [3.05, 3.63) is 100 Å². The Hall–Kier alpha value is -3.14. The lowest BCUT2D eigenvalue weighted by Crippen LogP contribution is -2.50. The van der Waals surface area contributed by atoms with Crippen LogP contribution in [0.2, 0.25) is 5.02 Å². The van der Waals surface area contributed by atoms with Crippen molar-refractivity contribution < 1.29 is 27.1 Å². The number of benzene rings is 3. The maximum absolute atomic E-state index is 13.9. The first-order chi connectivity index (χ1) is 17.7. The highest BCUT2D eigenvalue weighted by molar-refractivity contribution is 6.30. The van der Waals surface area contributed by atoms with Gasteiger partial charge in [0.25, 0.3) is 0 Å². The summed E-state index contributed by atoms with van der Waals surface area (Å²) in [6.07, 6.45) is -4.75. The summed E-state index contributed by atoms with van der Waals surface area (Å²) in [4.78, 5) is 16.3. The molecule has 2 amide bonds. The standard InChI is InChI=1S/C27H26ClF4N3O2/c28-22-11-7-20(8-12-22)25(37-18-19-5-9-21(10-6-19)27(30,31)32)17-34-13-15-35(16-14-34)26(36)33-24-4-2-1-3-23(24)29/h1-12,25H,13-18H2,(H,33,36)/t25-/m0/s1. The van der Waals surface area contributed by atoms with E-state index in [1.54, 1.807) is 29.2 Å². The molecule has 1 heterocycles. The van der Waals surface area contributed by atoms with Crippen LogP contribution in [0, 0.1) is 5.82 Å². The van der Waals surface area contributed by atoms with Gasteiger partial charge in [-0.25, -0.2) is 9.18 Å². The van der Waals surface area contributed by atoms with E-state index in [0.717, 1.165) is 17.7 Å². The van der Waals surface area contributed by atoms with Crippen LogP contribution in [-0.2, 0) is 17.5 Å². The van der Waals surface area contributed by atoms with Gasteiger partial charge in [-0.2, -0.15) is 13.2 Å². The Bertz CT molecular complexity index is 1180. The molecule has 0 aromatic heterocycles. The summed E-state index contributed by atoms with van der Waals surface area (Å²) >= 11 is 6.04. The van der Waals surface area contributed by atoms with E-state index >= 15 is 0 Å². The number of nitrogens with zero attached hydrogens (tertiary/aromatic N) is 2. The van der Waals surface area contributed by atoms with Gasteiger partial charge in [0.1, 0.15) is 5.82 Å². The molecule has 0 saturated carbocycles. The quantitative estimate of drug-likeness (QED) is 0.346. The Balaban J connectivity index is 1.36. The molecule has 5 nitrogen and oxygen atoms in total. The largest absolute Gasteiger partial charge is 0.416 e. The van der Waals surface area contributed by atoms with Gasteiger partial charge in [0.2, 0.25) is 0 Å². The number of alkyl halides is 3. The van der Waals surface area contributed by atoms with Gasteiger partial charge < -0.3 is 15.0 Å². The lowest BCUT2D eigenvalue weighted by Gasteiger charge is -2.36. The number of hydrogen-bond donors (Lipinski definition) is 1. The highest BCUT2D eigenvalue weighted by atomic mass is 35.5. The number of ether oxygens (including phenoxy) is 1. The van der Waals surface area contributed by atoms with Crippen LogP contribution in [0.4, 0.5) is 28.0 Å². The molecule has 3 aromatic carbocycles. The number of nitrogens with one attached hydrogen (secondary N) is 1. The summed E-state index contributed by atoms with van der Waals surface area (Å²) in [5, 5.41) is 3.19. The van der Waals surface area contributed by atoms with E-state index in [2.05, 4.69) is 10.2 Å². The molecule has 1 fully saturated rings. The minimum atomic E-state index is -4.39. The van der Waals surface area contributed by atoms with Crippen LogP contribution >= 0.6 is 11.6 Å². The SMILES string of the molecule is O=C(Nc1ccccc1F)N1CCN(C[C@H](OCc2ccc(C(F)(F)F)cc2)c2ccc(Cl)cc2)CC1. The third-order valence-electron chi connectivity index (χ3n) is 6.17. The van der Waals surface area contributed by atoms with Gasteiger partial charge in [0.15, 0.2) is 0 Å². The molecular formula is C27H26ClF4N3O2. The summed E-state index contributed by atoms with van der Waals surface area (Å²) in [5.41, 5.74) is 0.939. The van der Waals surface area contributed by atoms with E-state index in [1.807, 2.05) is 12.1 Å². The molecule has 0 bridgehead atoms. The third-order valence-corrected chi connectivity index (χ3v) is 6.43. The number of halogens is 5. The number of rotatable bonds is 7. The number of para-hydroxylation sites is 1. The van der Waals surface area contributed by atoms with Crippen molar-refractivity contribution in [2.45, 2.75) is 18.9 Å². The van der Waals surface area contributed by atoms with Crippen molar-refractivity contribution >= 4 is 23.3 Å². The number of carbonyl (C=O) groups is 1. The highest BCUT2D eigenvalue weighted by Gasteiger charge is 2.30. The summed E-state index contributed by atoms with van der Waals surface area (Å²) < 4.78 is 58.6. The van der Waals surface area contributed by atoms with Crippen molar-refractivity contribution in [3.8, 4) is 0 Å². The first-order valence-corrected chi connectivity index (χ1v) is 12.1. The topological polar surface area (TPSA) is 44.8 Å². The number of amides is 2. The molecule has 1 aliphatic heterocycles. The molecule has 0 spiro atoms. The van der Waals surface area contributed by atoms with Gasteiger partial charge in [-0.3, -0.25) is 4.90 Å². The summed E-state index contributed by atoms with van der Waals surface area (Å²) in [5.74, 6) is -0.495. The molecule has 3 aromatic rings. The van der Waals surface area contributed by atoms with Crippen molar-refractivity contribution in [3.63, 3.8) is 0 Å². The molecule has 1 N–H and O–H groups in total. The molecule has 0 aliphatic carbocycles. The lowest BCUT2D eigenvalue weighted by molar-refractivity contribution is -0.137. The smallest absolute Gasteiger partial charge is 0.368 e. The van der Waals surface area contributed by atoms with Gasteiger partial charge in [-0.1, -0.05) is 48.0 Å². The first kappa shape index (κ1) is 26.9. The second-order valence-corrected chi connectivity index (χ2v) is 9.18. The van der Waals surface area contributed by atoms with E-state index in [0.29, 0.717) is 43.3 Å². The molecular weight excluding hydrogens is 510 g/mol. The van der Waals surface area contributed by atoms with Crippen LogP contribution in [0.25, 0.3) is 0 Å². The van der Waals surface area contributed by atoms with Gasteiger partial charge in [0.05, 0.1) is 24.0 Å². The van der Waals surface area contributed by atoms with Gasteiger partial charge in [0, 0.05) is 37.7 Å². The maximum Gasteiger partial charge on any atom is 0.416 e. The first-order valence-electron chi connectivity index (χ1n) is 11.7. The second-order valence-electron chi connectivity index (χ2n) is 8.74. The van der Waals surface area contributed by atoms with Crippen LogP contribution in [0.5, 0.6) is 0 Å². The lowest BCUT2D eigenvalue weighted by atomic mass is 10.1. The monoisotopic (exact) mass is 535 g/mol. The van der Waals surface area contributed by atoms with Crippen LogP contribution < -0.4 is 5.32 Å². The van der Waals surface area contributed by atoms with Crippen LogP contribution in [0.1, 0.15) is 22.8 Å². The average molecular weight is 536 g/mol. The zero-order chi connectivity index (χ0) is 26.4. The van der Waals surface area contributed by atoms with Crippen molar-refractivity contribution in [2.75, 3.05) is 38.0 Å². The van der Waals surface area contributed by atoms with E-state index in [4.69, 9.17) is 16.3 Å². The molecule has 0 unspecified atom stereocenters. The maximum atomic E-state index is 13.9. The molecule has 1 atom stereocenters. The Morgan fingerprint density at radius 2 is 1.59 bits per heavy atom. The van der Waals surface area contributed by atoms with Gasteiger partial charge >= 0.3 is 12.2 Å². The fourth-order valence-electron chi connectivity index (χ4n) is 4.04. The van der Waals surface area contributed by atoms with Crippen LogP contribution in [0.15, 0.2) is 72.8 Å². The molecule has 4 rings (SSSR count). The predicted molar refractivity (Wildman–Crippen MR) is 134 cm³/mol. The van der Waals surface area contributed by atoms with Crippen LogP contribution in [-0.4, -0.2) is 48.6 Å². The average Bonchev–Trinajstić information content (AvgIpc) is 2.88. The molecule has 0 radical (unpaired) electrons. The summed E-state index contributed by atoms with van der Waals surface area (Å²) in [6.45, 7) is 2.72. The summed E-state index contributed by atoms with van der Waals surface area (Å²) in [7, 11) is 0. The number of hydrogen-bond acceptors (Lipinski definition) is 3. The van der Waals surface area contributed by atoms with E-state index < -0.39 is 17.6 Å². The fraction of sp³-hybridized carbons (Fsp3) is 0.296. The van der Waals surface area contributed by atoms with E-state index in [-0.39, 0.29) is 24.4 Å². The zero-order valence-corrected chi connectivity index (χ0v) is 20.6. The molecule has 1 aliphatic rings. The summed E-state index contributed by atoms with van der Waals surface area (Å²) in [6, 6.07) is 17.8. The third kappa shape index (κ3) is 7.44. The highest BCUT2D eigenvalue weighted by Crippen LogP contribution is 2.30. The van der Waals surface area contributed by atoms with E-state index in [9.17, 15) is 22.4 Å². The minimum Gasteiger partial charge on any atom is -0.368 e. The predicted octanol–water partition coefficient (Wildman–Crippen LogP) is 6.61. The van der Waals surface area contributed by atoms with Gasteiger partial charge in [-0.15, -0.1) is 0 Å². The van der Waals surface area contributed by atoms with Crippen molar-refractivity contribution in [1.29, 1.82) is 0 Å². The van der Waals surface area contributed by atoms with E-state index in [1.165, 1.54) is 24.3 Å². The van der Waals surface area contributed by atoms with Gasteiger partial charge in [-0.05, 0) is 47.5 Å². The second kappa shape index (κ2) is 11.9. The number of piperazine rings is 1. The molecule has 196 valence electrons. The minimum absolute atomic E-state index is 0.134. The van der Waals surface area contributed by atoms with Crippen molar-refractivity contribution in [2.24, 2.45) is 0 Å². The van der Waals surface area contributed by atoms with Crippen LogP contribution in [0.3, 0.4) is 0 Å². The molecule has 37 heavy (non-hydrogen) atoms. The Morgan fingerprint density at radius 1 is 0.946 bits per heavy atom. The molecule has 10 heteroatoms. The Labute approximate surface area is 217 Å². The van der Waals surface area contributed by atoms with Crippen molar-refractivity contribution in [1.82, 2.24) is 9.80 Å². The fourth-order valence-corrected chi connectivity index (χ4v) is 4.17. The normalized spacial score (nSPS) is 15.4. The Morgan fingerprint density at radius 3 is 2.22 bits per heavy atom. The number of anilines is 1.